The van der Waals surface area contributed by atoms with Crippen LogP contribution in [0.15, 0.2) is 60.7 Å². The van der Waals surface area contributed by atoms with Crippen molar-refractivity contribution >= 4 is 23.4 Å². The van der Waals surface area contributed by atoms with E-state index in [9.17, 15) is 14.4 Å². The number of ether oxygens (including phenoxy) is 2. The summed E-state index contributed by atoms with van der Waals surface area (Å²) >= 11 is 0. The first-order chi connectivity index (χ1) is 20.2. The third kappa shape index (κ3) is 4.79. The van der Waals surface area contributed by atoms with Crippen molar-refractivity contribution in [1.82, 2.24) is 10.2 Å². The van der Waals surface area contributed by atoms with Crippen LogP contribution in [0.25, 0.3) is 0 Å². The van der Waals surface area contributed by atoms with Gasteiger partial charge in [0.15, 0.2) is 0 Å². The fourth-order valence-corrected chi connectivity index (χ4v) is 7.42. The summed E-state index contributed by atoms with van der Waals surface area (Å²) in [5, 5.41) is 6.30. The van der Waals surface area contributed by atoms with Gasteiger partial charge in [0.1, 0.15) is 17.4 Å². The fourth-order valence-electron chi connectivity index (χ4n) is 7.42. The molecular weight excluding hydrogens is 530 g/mol. The van der Waals surface area contributed by atoms with E-state index in [2.05, 4.69) is 31.4 Å². The van der Waals surface area contributed by atoms with Gasteiger partial charge in [-0.3, -0.25) is 14.4 Å². The average molecular weight is 572 g/mol. The van der Waals surface area contributed by atoms with Crippen molar-refractivity contribution in [2.24, 2.45) is 17.8 Å². The Kier molecular flexibility index (Phi) is 7.60. The Hall–Kier alpha value is -3.65. The number of para-hydroxylation sites is 1. The van der Waals surface area contributed by atoms with Crippen molar-refractivity contribution in [3.63, 3.8) is 0 Å². The van der Waals surface area contributed by atoms with Crippen LogP contribution in [0.4, 0.5) is 5.69 Å². The number of hydrogen-bond donors (Lipinski definition) is 2. The van der Waals surface area contributed by atoms with Gasteiger partial charge in [-0.1, -0.05) is 76.1 Å². The van der Waals surface area contributed by atoms with Crippen LogP contribution in [0.1, 0.15) is 63.5 Å². The third-order valence-electron chi connectivity index (χ3n) is 9.74. The predicted molar refractivity (Wildman–Crippen MR) is 160 cm³/mol. The maximum Gasteiger partial charge on any atom is 0.246 e. The lowest BCUT2D eigenvalue weighted by Gasteiger charge is -2.36. The van der Waals surface area contributed by atoms with Crippen LogP contribution in [-0.2, 0) is 25.7 Å². The van der Waals surface area contributed by atoms with Gasteiger partial charge in [-0.2, -0.15) is 0 Å². The molecule has 42 heavy (non-hydrogen) atoms. The van der Waals surface area contributed by atoms with Crippen LogP contribution in [0, 0.1) is 17.8 Å². The van der Waals surface area contributed by atoms with Crippen LogP contribution in [0.5, 0.6) is 5.75 Å². The highest BCUT2D eigenvalue weighted by Gasteiger charge is 2.72. The number of rotatable bonds is 8. The summed E-state index contributed by atoms with van der Waals surface area (Å²) in [6, 6.07) is 14.4. The Balaban J connectivity index is 1.32. The van der Waals surface area contributed by atoms with Crippen LogP contribution < -0.4 is 15.4 Å². The topological polar surface area (TPSA) is 97.0 Å². The number of nitrogens with zero attached hydrogens (tertiary/aromatic N) is 1. The number of benzene rings is 2. The van der Waals surface area contributed by atoms with Gasteiger partial charge < -0.3 is 25.0 Å². The number of methoxy groups -OCH3 is 1. The first-order valence-electron chi connectivity index (χ1n) is 15.2. The van der Waals surface area contributed by atoms with E-state index < -0.39 is 29.6 Å². The molecule has 2 saturated heterocycles. The van der Waals surface area contributed by atoms with Crippen LogP contribution in [-0.4, -0.2) is 53.5 Å². The van der Waals surface area contributed by atoms with Crippen molar-refractivity contribution in [2.75, 3.05) is 12.4 Å². The normalized spacial score (nSPS) is 31.4. The Bertz CT molecular complexity index is 1390. The minimum atomic E-state index is -1.21. The number of carbonyl (C=O) groups excluding carboxylic acids is 3. The lowest BCUT2D eigenvalue weighted by Crippen LogP contribution is -2.57. The van der Waals surface area contributed by atoms with E-state index in [1.54, 1.807) is 12.0 Å². The van der Waals surface area contributed by atoms with E-state index >= 15 is 0 Å². The second-order valence-electron chi connectivity index (χ2n) is 12.6. The van der Waals surface area contributed by atoms with Crippen molar-refractivity contribution in [3.05, 3.63) is 71.8 Å². The lowest BCUT2D eigenvalue weighted by molar-refractivity contribution is -0.142. The van der Waals surface area contributed by atoms with Gasteiger partial charge in [0, 0.05) is 17.3 Å². The number of fused-ring (bicyclic) bond motifs is 1. The van der Waals surface area contributed by atoms with Gasteiger partial charge in [0.2, 0.25) is 17.7 Å². The second kappa shape index (κ2) is 11.2. The first-order valence-corrected chi connectivity index (χ1v) is 15.2. The monoisotopic (exact) mass is 571 g/mol. The smallest absolute Gasteiger partial charge is 0.246 e. The van der Waals surface area contributed by atoms with E-state index in [0.29, 0.717) is 23.3 Å². The van der Waals surface area contributed by atoms with Crippen LogP contribution >= 0.6 is 0 Å². The number of anilines is 1. The van der Waals surface area contributed by atoms with E-state index in [0.717, 1.165) is 31.2 Å². The number of hydrogen-bond acceptors (Lipinski definition) is 5. The minimum absolute atomic E-state index is 0.0420. The first kappa shape index (κ1) is 28.5. The maximum absolute atomic E-state index is 14.3. The molecule has 6 rings (SSSR count). The molecule has 2 aromatic rings. The van der Waals surface area contributed by atoms with Gasteiger partial charge in [-0.05, 0) is 48.4 Å². The summed E-state index contributed by atoms with van der Waals surface area (Å²) in [6.45, 7) is 6.58. The standard InChI is InChI=1S/C34H41N3O5/c1-20(2)22-13-15-24(16-14-22)35-31(38)28-27-17-18-34(42-27)29(28)33(40)37(19-23-10-6-8-12-26(23)41-4)30(34)32(39)36-25-11-7-5-9-21(25)3/h6,8,10,12-18,20-21,25,27-30H,5,7,9,11,19H2,1-4H3,(H,35,38)(H,36,39)/t21-,25+,27+,28+,29+,30-,34-/m0/s1. The highest BCUT2D eigenvalue weighted by Crippen LogP contribution is 2.55. The highest BCUT2D eigenvalue weighted by molar-refractivity contribution is 6.02. The van der Waals surface area contributed by atoms with Crippen molar-refractivity contribution < 1.29 is 23.9 Å². The van der Waals surface area contributed by atoms with Crippen LogP contribution in [0.2, 0.25) is 0 Å². The molecule has 2 bridgehead atoms. The molecule has 8 heteroatoms. The van der Waals surface area contributed by atoms with Gasteiger partial charge in [0.25, 0.3) is 0 Å². The van der Waals surface area contributed by atoms with Gasteiger partial charge in [0.05, 0.1) is 31.6 Å². The molecule has 4 aliphatic rings. The molecule has 3 amide bonds. The number of nitrogens with one attached hydrogen (secondary N) is 2. The summed E-state index contributed by atoms with van der Waals surface area (Å²) < 4.78 is 12.1. The molecule has 8 nitrogen and oxygen atoms in total. The molecule has 0 radical (unpaired) electrons. The van der Waals surface area contributed by atoms with Gasteiger partial charge >= 0.3 is 0 Å². The van der Waals surface area contributed by atoms with E-state index in [4.69, 9.17) is 9.47 Å². The second-order valence-corrected chi connectivity index (χ2v) is 12.6. The zero-order valence-electron chi connectivity index (χ0n) is 24.8. The molecule has 3 heterocycles. The lowest BCUT2D eigenvalue weighted by atomic mass is 9.74. The van der Waals surface area contributed by atoms with Gasteiger partial charge in [-0.15, -0.1) is 0 Å². The summed E-state index contributed by atoms with van der Waals surface area (Å²) in [5.74, 6) is -0.942. The summed E-state index contributed by atoms with van der Waals surface area (Å²) in [7, 11) is 1.59. The quantitative estimate of drug-likeness (QED) is 0.444. The molecule has 1 aliphatic carbocycles. The van der Waals surface area contributed by atoms with E-state index in [1.165, 1.54) is 5.56 Å². The fraction of sp³-hybridized carbons (Fsp3) is 0.500. The molecule has 2 N–H and O–H groups in total. The van der Waals surface area contributed by atoms with E-state index in [1.807, 2.05) is 60.7 Å². The van der Waals surface area contributed by atoms with Crippen molar-refractivity contribution in [2.45, 2.75) is 82.7 Å². The maximum atomic E-state index is 14.3. The minimum Gasteiger partial charge on any atom is -0.496 e. The molecule has 3 aliphatic heterocycles. The predicted octanol–water partition coefficient (Wildman–Crippen LogP) is 4.80. The number of amides is 3. The average Bonchev–Trinajstić information content (AvgIpc) is 3.62. The zero-order valence-corrected chi connectivity index (χ0v) is 24.8. The number of carbonyl (C=O) groups is 3. The molecule has 7 atom stereocenters. The van der Waals surface area contributed by atoms with Crippen LogP contribution in [0.3, 0.4) is 0 Å². The Morgan fingerprint density at radius 1 is 1.07 bits per heavy atom. The molecular formula is C34H41N3O5. The van der Waals surface area contributed by atoms with Crippen molar-refractivity contribution in [3.8, 4) is 5.75 Å². The molecule has 2 aromatic carbocycles. The van der Waals surface area contributed by atoms with E-state index in [-0.39, 0.29) is 30.3 Å². The van der Waals surface area contributed by atoms with Crippen molar-refractivity contribution in [1.29, 1.82) is 0 Å². The Morgan fingerprint density at radius 3 is 2.52 bits per heavy atom. The summed E-state index contributed by atoms with van der Waals surface area (Å²) in [4.78, 5) is 43.9. The Labute approximate surface area is 247 Å². The third-order valence-corrected chi connectivity index (χ3v) is 9.74. The summed E-state index contributed by atoms with van der Waals surface area (Å²) in [6.07, 6.45) is 7.33. The SMILES string of the molecule is COc1ccccc1CN1C(=O)[C@H]2[C@H](C(=O)Nc3ccc(C(C)C)cc3)[C@H]3C=C[C@@]2(O3)[C@@H]1C(=O)N[C@@H]1CCCC[C@@H]1C. The largest absolute Gasteiger partial charge is 0.496 e. The molecule has 0 unspecified atom stereocenters. The summed E-state index contributed by atoms with van der Waals surface area (Å²) in [5.41, 5.74) is 1.42. The molecule has 1 spiro atoms. The highest BCUT2D eigenvalue weighted by atomic mass is 16.5. The molecule has 0 aromatic heterocycles. The molecule has 3 fully saturated rings. The van der Waals surface area contributed by atoms with Gasteiger partial charge in [-0.25, -0.2) is 0 Å². The molecule has 1 saturated carbocycles. The number of likely N-dealkylation sites (tertiary alicyclic amines) is 1. The molecule has 222 valence electrons. The Morgan fingerprint density at radius 2 is 1.81 bits per heavy atom. The zero-order chi connectivity index (χ0) is 29.6.